The zero-order valence-corrected chi connectivity index (χ0v) is 20.2. The average Bonchev–Trinajstić information content (AvgIpc) is 2.89. The molecule has 0 N–H and O–H groups in total. The highest BCUT2D eigenvalue weighted by atomic mass is 19.1. The molecule has 0 radical (unpaired) electrons. The number of amides is 1. The number of methoxy groups -OCH3 is 1. The maximum atomic E-state index is 14.3. The lowest BCUT2D eigenvalue weighted by molar-refractivity contribution is 0.0727. The zero-order valence-electron chi connectivity index (χ0n) is 20.2. The maximum Gasteiger partial charge on any atom is 0.257 e. The molecule has 36 heavy (non-hydrogen) atoms. The molecule has 1 fully saturated rings. The highest BCUT2D eigenvalue weighted by molar-refractivity contribution is 5.94. The Morgan fingerprint density at radius 3 is 2.44 bits per heavy atom. The molecule has 1 saturated heterocycles. The minimum Gasteiger partial charge on any atom is -0.493 e. The molecule has 5 rings (SSSR count). The number of hydrogen-bond donors (Lipinski definition) is 0. The van der Waals surface area contributed by atoms with Gasteiger partial charge in [0.15, 0.2) is 11.5 Å². The predicted octanol–water partition coefficient (Wildman–Crippen LogP) is 3.51. The quantitative estimate of drug-likeness (QED) is 0.537. The van der Waals surface area contributed by atoms with Crippen LogP contribution in [0.4, 0.5) is 14.7 Å². The van der Waals surface area contributed by atoms with Crippen molar-refractivity contribution in [2.75, 3.05) is 51.8 Å². The van der Waals surface area contributed by atoms with Crippen molar-refractivity contribution >= 4 is 11.9 Å². The Bertz CT molecular complexity index is 1280. The van der Waals surface area contributed by atoms with E-state index < -0.39 is 17.5 Å². The molecule has 0 unspecified atom stereocenters. The molecule has 1 aromatic heterocycles. The molecular formula is C26H27F2N5O3. The van der Waals surface area contributed by atoms with Crippen molar-refractivity contribution in [3.05, 3.63) is 70.9 Å². The first-order chi connectivity index (χ1) is 17.4. The topological polar surface area (TPSA) is 71.0 Å². The summed E-state index contributed by atoms with van der Waals surface area (Å²) in [6.07, 6.45) is 0.454. The second-order valence-corrected chi connectivity index (χ2v) is 8.90. The molecule has 0 bridgehead atoms. The number of piperazine rings is 1. The maximum absolute atomic E-state index is 14.3. The predicted molar refractivity (Wildman–Crippen MR) is 130 cm³/mol. The van der Waals surface area contributed by atoms with Crippen LogP contribution >= 0.6 is 0 Å². The summed E-state index contributed by atoms with van der Waals surface area (Å²) in [5.41, 5.74) is 1.26. The summed E-state index contributed by atoms with van der Waals surface area (Å²) in [7, 11) is 3.64. The summed E-state index contributed by atoms with van der Waals surface area (Å²) < 4.78 is 39.4. The van der Waals surface area contributed by atoms with Crippen LogP contribution in [0.1, 0.15) is 21.6 Å². The molecule has 0 aliphatic carbocycles. The van der Waals surface area contributed by atoms with Gasteiger partial charge < -0.3 is 24.2 Å². The number of carbonyl (C=O) groups is 1. The van der Waals surface area contributed by atoms with E-state index >= 15 is 0 Å². The van der Waals surface area contributed by atoms with Gasteiger partial charge in [0, 0.05) is 45.2 Å². The third kappa shape index (κ3) is 4.81. The first-order valence-electron chi connectivity index (χ1n) is 11.8. The van der Waals surface area contributed by atoms with Gasteiger partial charge in [-0.3, -0.25) is 4.79 Å². The first-order valence-corrected chi connectivity index (χ1v) is 11.8. The number of nitrogens with zero attached hydrogens (tertiary/aromatic N) is 5. The monoisotopic (exact) mass is 495 g/mol. The summed E-state index contributed by atoms with van der Waals surface area (Å²) in [5, 5.41) is 0. The number of anilines is 1. The fourth-order valence-electron chi connectivity index (χ4n) is 4.42. The Balaban J connectivity index is 1.50. The van der Waals surface area contributed by atoms with E-state index in [0.717, 1.165) is 37.9 Å². The number of carbonyl (C=O) groups excluding carboxylic acids is 1. The zero-order chi connectivity index (χ0) is 25.2. The van der Waals surface area contributed by atoms with Crippen LogP contribution in [0.2, 0.25) is 0 Å². The van der Waals surface area contributed by atoms with Crippen LogP contribution in [0.5, 0.6) is 17.4 Å². The van der Waals surface area contributed by atoms with Gasteiger partial charge in [0.05, 0.1) is 30.5 Å². The van der Waals surface area contributed by atoms with Crippen molar-refractivity contribution in [3.63, 3.8) is 0 Å². The van der Waals surface area contributed by atoms with E-state index in [-0.39, 0.29) is 12.1 Å². The minimum absolute atomic E-state index is 0.137. The normalized spacial score (nSPS) is 16.0. The number of aromatic nitrogens is 2. The Labute approximate surface area is 208 Å². The SMILES string of the molecule is COc1ccccc1Oc1nc(N2CCN(C)CC2)nc2c1CN(C(=O)c1ccc(F)cc1F)CC2. The molecule has 0 atom stereocenters. The van der Waals surface area contributed by atoms with Gasteiger partial charge in [-0.2, -0.15) is 4.98 Å². The highest BCUT2D eigenvalue weighted by Gasteiger charge is 2.30. The number of fused-ring (bicyclic) bond motifs is 1. The number of rotatable bonds is 5. The van der Waals surface area contributed by atoms with E-state index in [2.05, 4.69) is 16.8 Å². The largest absolute Gasteiger partial charge is 0.493 e. The fourth-order valence-corrected chi connectivity index (χ4v) is 4.42. The van der Waals surface area contributed by atoms with E-state index in [9.17, 15) is 13.6 Å². The van der Waals surface area contributed by atoms with Crippen LogP contribution in [0.25, 0.3) is 0 Å². The molecular weight excluding hydrogens is 468 g/mol. The van der Waals surface area contributed by atoms with Gasteiger partial charge in [0.2, 0.25) is 11.8 Å². The molecule has 1 amide bonds. The van der Waals surface area contributed by atoms with E-state index in [0.29, 0.717) is 47.9 Å². The molecule has 3 aromatic rings. The summed E-state index contributed by atoms with van der Waals surface area (Å²) in [6.45, 7) is 3.85. The van der Waals surface area contributed by atoms with Crippen LogP contribution in [0.15, 0.2) is 42.5 Å². The van der Waals surface area contributed by atoms with Crippen molar-refractivity contribution < 1.29 is 23.0 Å². The summed E-state index contributed by atoms with van der Waals surface area (Å²) >= 11 is 0. The van der Waals surface area contributed by atoms with Crippen molar-refractivity contribution in [1.82, 2.24) is 19.8 Å². The average molecular weight is 496 g/mol. The van der Waals surface area contributed by atoms with E-state index in [1.54, 1.807) is 19.2 Å². The smallest absolute Gasteiger partial charge is 0.257 e. The minimum atomic E-state index is -0.891. The molecule has 3 heterocycles. The van der Waals surface area contributed by atoms with Gasteiger partial charge in [0.1, 0.15) is 11.6 Å². The molecule has 0 spiro atoms. The van der Waals surface area contributed by atoms with Crippen LogP contribution in [0, 0.1) is 11.6 Å². The third-order valence-corrected chi connectivity index (χ3v) is 6.52. The standard InChI is InChI=1S/C26H27F2N5O3/c1-31-11-13-32(14-12-31)26-29-21-9-10-33(25(34)18-8-7-17(27)15-20(18)28)16-19(21)24(30-26)36-23-6-4-3-5-22(23)35-2/h3-8,15H,9-14,16H2,1-2H3. The second kappa shape index (κ2) is 10.1. The summed E-state index contributed by atoms with van der Waals surface area (Å²) in [5.74, 6) is -0.208. The third-order valence-electron chi connectivity index (χ3n) is 6.52. The number of halogens is 2. The Morgan fingerprint density at radius 2 is 1.72 bits per heavy atom. The molecule has 0 saturated carbocycles. The second-order valence-electron chi connectivity index (χ2n) is 8.90. The van der Waals surface area contributed by atoms with Gasteiger partial charge in [0.25, 0.3) is 5.91 Å². The Hall–Kier alpha value is -3.79. The van der Waals surface area contributed by atoms with Gasteiger partial charge in [-0.25, -0.2) is 13.8 Å². The van der Waals surface area contributed by atoms with Gasteiger partial charge in [-0.05, 0) is 31.3 Å². The van der Waals surface area contributed by atoms with Crippen LogP contribution in [-0.2, 0) is 13.0 Å². The molecule has 188 valence electrons. The fraction of sp³-hybridized carbons (Fsp3) is 0.346. The number of hydrogen-bond acceptors (Lipinski definition) is 7. The van der Waals surface area contributed by atoms with Crippen molar-refractivity contribution in [3.8, 4) is 17.4 Å². The molecule has 2 aromatic carbocycles. The molecule has 8 nitrogen and oxygen atoms in total. The summed E-state index contributed by atoms with van der Waals surface area (Å²) in [6, 6.07) is 10.2. The molecule has 10 heteroatoms. The van der Waals surface area contributed by atoms with Gasteiger partial charge in [-0.15, -0.1) is 0 Å². The molecule has 2 aliphatic heterocycles. The lowest BCUT2D eigenvalue weighted by Gasteiger charge is -2.34. The van der Waals surface area contributed by atoms with E-state index in [1.165, 1.54) is 11.0 Å². The van der Waals surface area contributed by atoms with Crippen molar-refractivity contribution in [2.45, 2.75) is 13.0 Å². The van der Waals surface area contributed by atoms with Crippen LogP contribution in [-0.4, -0.2) is 72.6 Å². The van der Waals surface area contributed by atoms with Crippen LogP contribution < -0.4 is 14.4 Å². The first kappa shape index (κ1) is 23.9. The van der Waals surface area contributed by atoms with Gasteiger partial charge in [-0.1, -0.05) is 12.1 Å². The lowest BCUT2D eigenvalue weighted by Crippen LogP contribution is -2.45. The number of benzene rings is 2. The molecule has 2 aliphatic rings. The Kier molecular flexibility index (Phi) is 6.69. The van der Waals surface area contributed by atoms with Crippen LogP contribution in [0.3, 0.4) is 0 Å². The number of likely N-dealkylation sites (N-methyl/N-ethyl adjacent to an activating group) is 1. The Morgan fingerprint density at radius 1 is 0.972 bits per heavy atom. The highest BCUT2D eigenvalue weighted by Crippen LogP contribution is 2.36. The van der Waals surface area contributed by atoms with Gasteiger partial charge >= 0.3 is 0 Å². The van der Waals surface area contributed by atoms with E-state index in [1.807, 2.05) is 12.1 Å². The number of ether oxygens (including phenoxy) is 2. The number of para-hydroxylation sites is 2. The summed E-state index contributed by atoms with van der Waals surface area (Å²) in [4.78, 5) is 28.6. The van der Waals surface area contributed by atoms with E-state index in [4.69, 9.17) is 19.4 Å². The lowest BCUT2D eigenvalue weighted by atomic mass is 10.0. The van der Waals surface area contributed by atoms with Crippen molar-refractivity contribution in [1.29, 1.82) is 0 Å². The van der Waals surface area contributed by atoms with Crippen molar-refractivity contribution in [2.24, 2.45) is 0 Å².